The van der Waals surface area contributed by atoms with Crippen LogP contribution in [0.2, 0.25) is 5.02 Å². The summed E-state index contributed by atoms with van der Waals surface area (Å²) in [7, 11) is 0. The van der Waals surface area contributed by atoms with Crippen LogP contribution in [0.25, 0.3) is 0 Å². The van der Waals surface area contributed by atoms with Crippen LogP contribution in [0.15, 0.2) is 65.4 Å². The minimum atomic E-state index is -0.193. The zero-order valence-corrected chi connectivity index (χ0v) is 14.5. The van der Waals surface area contributed by atoms with E-state index in [1.54, 1.807) is 6.07 Å². The molecule has 0 atom stereocenters. The number of likely N-dealkylation sites (tertiary alicyclic amines) is 1. The van der Waals surface area contributed by atoms with Crippen LogP contribution in [0.4, 0.5) is 5.69 Å². The van der Waals surface area contributed by atoms with Crippen molar-refractivity contribution in [1.29, 1.82) is 0 Å². The van der Waals surface area contributed by atoms with Gasteiger partial charge in [-0.2, -0.15) is 0 Å². The molecule has 2 heterocycles. The van der Waals surface area contributed by atoms with Crippen molar-refractivity contribution in [2.45, 2.75) is 12.8 Å². The van der Waals surface area contributed by atoms with Gasteiger partial charge in [-0.25, -0.2) is 4.99 Å². The molecule has 2 aromatic rings. The van der Waals surface area contributed by atoms with Crippen molar-refractivity contribution >= 4 is 28.9 Å². The van der Waals surface area contributed by atoms with Gasteiger partial charge in [-0.3, -0.25) is 4.79 Å². The lowest BCUT2D eigenvalue weighted by Gasteiger charge is -2.12. The number of fused-ring (bicyclic) bond motifs is 1. The Hall–Kier alpha value is -2.59. The van der Waals surface area contributed by atoms with Gasteiger partial charge in [0.1, 0.15) is 5.70 Å². The summed E-state index contributed by atoms with van der Waals surface area (Å²) in [6.45, 7) is 1.93. The van der Waals surface area contributed by atoms with E-state index in [0.29, 0.717) is 10.7 Å². The van der Waals surface area contributed by atoms with Crippen LogP contribution >= 0.6 is 11.6 Å². The molecule has 4 rings (SSSR count). The number of nitrogens with one attached hydrogen (secondary N) is 1. The lowest BCUT2D eigenvalue weighted by molar-refractivity contribution is -0.112. The monoisotopic (exact) mass is 351 g/mol. The third kappa shape index (κ3) is 3.30. The van der Waals surface area contributed by atoms with E-state index >= 15 is 0 Å². The molecule has 0 unspecified atom stereocenters. The number of amides is 1. The minimum absolute atomic E-state index is 0.193. The number of hydrogen-bond acceptors (Lipinski definition) is 3. The summed E-state index contributed by atoms with van der Waals surface area (Å²) in [4.78, 5) is 19.6. The Labute approximate surface area is 151 Å². The van der Waals surface area contributed by atoms with Crippen molar-refractivity contribution in [3.8, 4) is 0 Å². The highest BCUT2D eigenvalue weighted by atomic mass is 35.5. The van der Waals surface area contributed by atoms with Gasteiger partial charge in [0, 0.05) is 35.4 Å². The van der Waals surface area contributed by atoms with Crippen molar-refractivity contribution < 1.29 is 4.79 Å². The van der Waals surface area contributed by atoms with Gasteiger partial charge in [-0.1, -0.05) is 41.9 Å². The average molecular weight is 352 g/mol. The molecule has 2 aliphatic rings. The first kappa shape index (κ1) is 15.9. The highest BCUT2D eigenvalue weighted by Crippen LogP contribution is 2.28. The predicted molar refractivity (Wildman–Crippen MR) is 101 cm³/mol. The van der Waals surface area contributed by atoms with Crippen LogP contribution in [0.5, 0.6) is 0 Å². The maximum absolute atomic E-state index is 12.7. The van der Waals surface area contributed by atoms with E-state index in [9.17, 15) is 4.79 Å². The number of nitrogens with zero attached hydrogens (tertiary/aromatic N) is 2. The molecule has 0 bridgehead atoms. The molecule has 1 amide bonds. The summed E-state index contributed by atoms with van der Waals surface area (Å²) in [5, 5.41) is 3.58. The molecule has 0 spiro atoms. The number of anilines is 1. The Morgan fingerprint density at radius 2 is 1.84 bits per heavy atom. The van der Waals surface area contributed by atoms with E-state index in [1.807, 2.05) is 48.7 Å². The van der Waals surface area contributed by atoms with Crippen molar-refractivity contribution in [3.63, 3.8) is 0 Å². The molecular weight excluding hydrogens is 334 g/mol. The summed E-state index contributed by atoms with van der Waals surface area (Å²) < 4.78 is 0. The second kappa shape index (κ2) is 6.73. The average Bonchev–Trinajstić information content (AvgIpc) is 3.09. The van der Waals surface area contributed by atoms with Gasteiger partial charge < -0.3 is 10.2 Å². The molecule has 1 fully saturated rings. The highest BCUT2D eigenvalue weighted by molar-refractivity contribution is 6.32. The number of aliphatic imine (C=N–C) groups is 1. The first-order valence-electron chi connectivity index (χ1n) is 8.42. The van der Waals surface area contributed by atoms with Crippen LogP contribution in [0.1, 0.15) is 24.0 Å². The standard InChI is InChI=1S/C20H18ClN3O/c21-15-8-9-17-16(12-15)19(14-6-2-1-3-7-14)22-18(20(25)23-17)13-24-10-4-5-11-24/h1-3,6-9,12-13H,4-5,10-11H2,(H,23,25)/b18-13+. The van der Waals surface area contributed by atoms with Crippen LogP contribution in [-0.4, -0.2) is 29.6 Å². The molecule has 4 nitrogen and oxygen atoms in total. The smallest absolute Gasteiger partial charge is 0.275 e. The van der Waals surface area contributed by atoms with E-state index in [-0.39, 0.29) is 5.91 Å². The number of hydrogen-bond donors (Lipinski definition) is 1. The lowest BCUT2D eigenvalue weighted by Crippen LogP contribution is -2.17. The molecule has 0 aromatic heterocycles. The maximum atomic E-state index is 12.7. The third-order valence-electron chi connectivity index (χ3n) is 4.44. The molecule has 126 valence electrons. The van der Waals surface area contributed by atoms with Crippen LogP contribution < -0.4 is 5.32 Å². The van der Waals surface area contributed by atoms with Crippen molar-refractivity contribution in [1.82, 2.24) is 4.90 Å². The first-order valence-corrected chi connectivity index (χ1v) is 8.80. The predicted octanol–water partition coefficient (Wildman–Crippen LogP) is 4.07. The molecular formula is C20H18ClN3O. The number of carbonyl (C=O) groups excluding carboxylic acids is 1. The Balaban J connectivity index is 1.87. The Morgan fingerprint density at radius 3 is 2.60 bits per heavy atom. The minimum Gasteiger partial charge on any atom is -0.375 e. The molecule has 1 saturated heterocycles. The van der Waals surface area contributed by atoms with E-state index in [1.165, 1.54) is 0 Å². The molecule has 1 N–H and O–H groups in total. The normalized spacial score (nSPS) is 18.6. The van der Waals surface area contributed by atoms with Crippen LogP contribution in [-0.2, 0) is 4.79 Å². The quantitative estimate of drug-likeness (QED) is 0.829. The molecule has 2 aromatic carbocycles. The summed E-state index contributed by atoms with van der Waals surface area (Å²) in [5.74, 6) is -0.193. The topological polar surface area (TPSA) is 44.7 Å². The Kier molecular flexibility index (Phi) is 4.28. The largest absolute Gasteiger partial charge is 0.375 e. The van der Waals surface area contributed by atoms with Crippen LogP contribution in [0.3, 0.4) is 0 Å². The Morgan fingerprint density at radius 1 is 1.08 bits per heavy atom. The molecule has 2 aliphatic heterocycles. The summed E-state index contributed by atoms with van der Waals surface area (Å²) >= 11 is 6.20. The number of carbonyl (C=O) groups is 1. The van der Waals surface area contributed by atoms with Gasteiger partial charge >= 0.3 is 0 Å². The number of rotatable bonds is 2. The highest BCUT2D eigenvalue weighted by Gasteiger charge is 2.23. The van der Waals surface area contributed by atoms with Gasteiger partial charge in [-0.15, -0.1) is 0 Å². The second-order valence-corrected chi connectivity index (χ2v) is 6.66. The summed E-state index contributed by atoms with van der Waals surface area (Å²) in [5.41, 5.74) is 3.68. The molecule has 5 heteroatoms. The molecule has 25 heavy (non-hydrogen) atoms. The number of benzene rings is 2. The van der Waals surface area contributed by atoms with Gasteiger partial charge in [0.2, 0.25) is 0 Å². The Bertz CT molecular complexity index is 868. The van der Waals surface area contributed by atoms with Crippen molar-refractivity contribution in [2.75, 3.05) is 18.4 Å². The molecule has 0 radical (unpaired) electrons. The van der Waals surface area contributed by atoms with Crippen molar-refractivity contribution in [2.24, 2.45) is 4.99 Å². The first-order chi connectivity index (χ1) is 12.2. The SMILES string of the molecule is O=C1Nc2ccc(Cl)cc2C(c2ccccc2)=N/C1=C/N1CCCC1. The molecule has 0 aliphatic carbocycles. The van der Waals surface area contributed by atoms with E-state index < -0.39 is 0 Å². The fourth-order valence-corrected chi connectivity index (χ4v) is 3.36. The van der Waals surface area contributed by atoms with E-state index in [0.717, 1.165) is 48.5 Å². The van der Waals surface area contributed by atoms with Gasteiger partial charge in [0.25, 0.3) is 5.91 Å². The number of halogens is 1. The van der Waals surface area contributed by atoms with E-state index in [2.05, 4.69) is 10.2 Å². The van der Waals surface area contributed by atoms with Crippen molar-refractivity contribution in [3.05, 3.63) is 76.6 Å². The third-order valence-corrected chi connectivity index (χ3v) is 4.68. The maximum Gasteiger partial charge on any atom is 0.275 e. The number of benzodiazepines with no additional fused rings is 1. The lowest BCUT2D eigenvalue weighted by atomic mass is 10.0. The fraction of sp³-hybridized carbons (Fsp3) is 0.200. The summed E-state index contributed by atoms with van der Waals surface area (Å²) in [6.07, 6.45) is 4.17. The second-order valence-electron chi connectivity index (χ2n) is 6.23. The van der Waals surface area contributed by atoms with Gasteiger partial charge in [0.05, 0.1) is 11.4 Å². The van der Waals surface area contributed by atoms with Gasteiger partial charge in [0.15, 0.2) is 0 Å². The van der Waals surface area contributed by atoms with Crippen LogP contribution in [0, 0.1) is 0 Å². The zero-order chi connectivity index (χ0) is 17.2. The van der Waals surface area contributed by atoms with E-state index in [4.69, 9.17) is 16.6 Å². The summed E-state index contributed by atoms with van der Waals surface area (Å²) in [6, 6.07) is 15.3. The fourth-order valence-electron chi connectivity index (χ4n) is 3.19. The molecule has 0 saturated carbocycles. The zero-order valence-electron chi connectivity index (χ0n) is 13.7. The van der Waals surface area contributed by atoms with Gasteiger partial charge in [-0.05, 0) is 31.0 Å².